The highest BCUT2D eigenvalue weighted by Crippen LogP contribution is 2.30. The number of hydrogen-bond donors (Lipinski definition) is 2. The average Bonchev–Trinajstić information content (AvgIpc) is 2.33. The van der Waals surface area contributed by atoms with Crippen molar-refractivity contribution < 1.29 is 5.11 Å². The van der Waals surface area contributed by atoms with Crippen LogP contribution in [-0.4, -0.2) is 22.1 Å². The van der Waals surface area contributed by atoms with Crippen molar-refractivity contribution in [1.82, 2.24) is 0 Å². The van der Waals surface area contributed by atoms with Crippen molar-refractivity contribution in [2.24, 2.45) is 11.7 Å². The summed E-state index contributed by atoms with van der Waals surface area (Å²) in [6.07, 6.45) is 10.5. The molecule has 2 nitrogen and oxygen atoms in total. The molecule has 0 radical (unpaired) electrons. The number of unbranched alkanes of at least 4 members (excludes halogenated alkanes) is 6. The number of alkyl halides is 1. The Bertz CT molecular complexity index is 226. The van der Waals surface area contributed by atoms with Gasteiger partial charge in [-0.25, -0.2) is 0 Å². The Morgan fingerprint density at radius 2 is 1.55 bits per heavy atom. The quantitative estimate of drug-likeness (QED) is 0.399. The predicted octanol–water partition coefficient (Wildman–Crippen LogP) is 4.86. The van der Waals surface area contributed by atoms with E-state index in [-0.39, 0.29) is 22.9 Å². The first kappa shape index (κ1) is 20.2. The summed E-state index contributed by atoms with van der Waals surface area (Å²) < 4.78 is 0. The van der Waals surface area contributed by atoms with Gasteiger partial charge in [-0.1, -0.05) is 51.9 Å². The van der Waals surface area contributed by atoms with Gasteiger partial charge in [0.2, 0.25) is 0 Å². The van der Waals surface area contributed by atoms with Crippen molar-refractivity contribution in [3.8, 4) is 0 Å². The van der Waals surface area contributed by atoms with Gasteiger partial charge in [-0.2, -0.15) is 0 Å². The van der Waals surface area contributed by atoms with E-state index in [4.69, 9.17) is 17.3 Å². The molecule has 3 N–H and O–H groups in total. The molecule has 0 saturated carbocycles. The van der Waals surface area contributed by atoms with Gasteiger partial charge in [-0.15, -0.1) is 11.6 Å². The monoisotopic (exact) mass is 305 g/mol. The van der Waals surface area contributed by atoms with Crippen molar-refractivity contribution in [1.29, 1.82) is 0 Å². The van der Waals surface area contributed by atoms with Crippen molar-refractivity contribution in [3.63, 3.8) is 0 Å². The molecule has 0 aliphatic carbocycles. The highest BCUT2D eigenvalue weighted by Gasteiger charge is 2.32. The maximum absolute atomic E-state index is 9.61. The average molecular weight is 306 g/mol. The minimum Gasteiger partial charge on any atom is -0.393 e. The van der Waals surface area contributed by atoms with Crippen molar-refractivity contribution in [2.45, 2.75) is 103 Å². The third-order valence-electron chi connectivity index (χ3n) is 4.07. The van der Waals surface area contributed by atoms with E-state index in [9.17, 15) is 5.11 Å². The summed E-state index contributed by atoms with van der Waals surface area (Å²) in [6.45, 7) is 8.09. The summed E-state index contributed by atoms with van der Waals surface area (Å²) in [5.41, 5.74) is 5.89. The van der Waals surface area contributed by atoms with E-state index in [1.54, 1.807) is 0 Å². The van der Waals surface area contributed by atoms with E-state index in [2.05, 4.69) is 6.92 Å². The molecular weight excluding hydrogens is 270 g/mol. The molecule has 0 aromatic heterocycles. The van der Waals surface area contributed by atoms with Crippen LogP contribution in [0.3, 0.4) is 0 Å². The Labute approximate surface area is 131 Å². The molecule has 0 spiro atoms. The Kier molecular flexibility index (Phi) is 11.0. The van der Waals surface area contributed by atoms with Crippen LogP contribution in [0.2, 0.25) is 0 Å². The van der Waals surface area contributed by atoms with Crippen molar-refractivity contribution >= 4 is 11.6 Å². The van der Waals surface area contributed by atoms with Crippen LogP contribution in [0.25, 0.3) is 0 Å². The molecule has 0 aliphatic heterocycles. The maximum atomic E-state index is 9.61. The summed E-state index contributed by atoms with van der Waals surface area (Å²) in [4.78, 5) is 0. The summed E-state index contributed by atoms with van der Waals surface area (Å²) in [5.74, 6) is 0.171. The Morgan fingerprint density at radius 3 is 2.00 bits per heavy atom. The lowest BCUT2D eigenvalue weighted by Crippen LogP contribution is -2.46. The van der Waals surface area contributed by atoms with Gasteiger partial charge >= 0.3 is 0 Å². The molecule has 0 rings (SSSR count). The fraction of sp³-hybridized carbons (Fsp3) is 1.00. The normalized spacial score (nSPS) is 16.9. The van der Waals surface area contributed by atoms with Gasteiger partial charge < -0.3 is 10.8 Å². The van der Waals surface area contributed by atoms with E-state index in [0.29, 0.717) is 6.42 Å². The number of hydrogen-bond acceptors (Lipinski definition) is 2. The van der Waals surface area contributed by atoms with Gasteiger partial charge in [0, 0.05) is 10.9 Å². The highest BCUT2D eigenvalue weighted by atomic mass is 35.5. The predicted molar refractivity (Wildman–Crippen MR) is 90.3 cm³/mol. The van der Waals surface area contributed by atoms with E-state index in [1.165, 1.54) is 44.9 Å². The maximum Gasteiger partial charge on any atom is 0.0516 e. The van der Waals surface area contributed by atoms with Crippen LogP contribution in [0, 0.1) is 5.92 Å². The Morgan fingerprint density at radius 1 is 1.05 bits per heavy atom. The molecule has 0 aromatic rings. The number of nitrogens with two attached hydrogens (primary N) is 1. The molecule has 20 heavy (non-hydrogen) atoms. The zero-order valence-corrected chi connectivity index (χ0v) is 14.8. The van der Waals surface area contributed by atoms with E-state index >= 15 is 0 Å². The smallest absolute Gasteiger partial charge is 0.0516 e. The second-order valence-corrected chi connectivity index (χ2v) is 7.50. The van der Waals surface area contributed by atoms with E-state index in [1.807, 2.05) is 20.8 Å². The Hall–Kier alpha value is 0.210. The first-order chi connectivity index (χ1) is 9.29. The number of aliphatic hydroxyl groups is 1. The molecule has 0 aliphatic rings. The topological polar surface area (TPSA) is 46.2 Å². The fourth-order valence-electron chi connectivity index (χ4n) is 2.78. The molecule has 3 atom stereocenters. The molecule has 0 heterocycles. The summed E-state index contributed by atoms with van der Waals surface area (Å²) in [7, 11) is 0. The second-order valence-electron chi connectivity index (χ2n) is 6.94. The third kappa shape index (κ3) is 10.0. The zero-order valence-electron chi connectivity index (χ0n) is 14.0. The molecule has 3 heteroatoms. The van der Waals surface area contributed by atoms with Crippen molar-refractivity contribution in [3.05, 3.63) is 0 Å². The second kappa shape index (κ2) is 10.9. The number of aliphatic hydroxyl groups excluding tert-OH is 1. The lowest BCUT2D eigenvalue weighted by molar-refractivity contribution is 0.132. The lowest BCUT2D eigenvalue weighted by Gasteiger charge is -2.35. The number of rotatable bonds is 12. The molecule has 0 saturated heterocycles. The molecule has 0 fully saturated rings. The van der Waals surface area contributed by atoms with Gasteiger partial charge in [0.15, 0.2) is 0 Å². The van der Waals surface area contributed by atoms with Crippen LogP contribution >= 0.6 is 11.6 Å². The lowest BCUT2D eigenvalue weighted by atomic mass is 9.80. The van der Waals surface area contributed by atoms with Crippen LogP contribution in [-0.2, 0) is 0 Å². The molecular formula is C17H36ClNO. The van der Waals surface area contributed by atoms with Crippen LogP contribution in [0.15, 0.2) is 0 Å². The van der Waals surface area contributed by atoms with Crippen LogP contribution in [0.5, 0.6) is 0 Å². The molecule has 3 unspecified atom stereocenters. The van der Waals surface area contributed by atoms with Gasteiger partial charge in [0.05, 0.1) is 6.10 Å². The minimum absolute atomic E-state index is 0.0697. The number of halogens is 1. The Balaban J connectivity index is 3.93. The van der Waals surface area contributed by atoms with E-state index in [0.717, 1.165) is 6.42 Å². The van der Waals surface area contributed by atoms with Gasteiger partial charge in [0.25, 0.3) is 0 Å². The first-order valence-corrected chi connectivity index (χ1v) is 8.83. The van der Waals surface area contributed by atoms with Gasteiger partial charge in [0.1, 0.15) is 0 Å². The van der Waals surface area contributed by atoms with Crippen LogP contribution in [0.4, 0.5) is 0 Å². The van der Waals surface area contributed by atoms with Gasteiger partial charge in [-0.3, -0.25) is 0 Å². The molecule has 0 aromatic carbocycles. The largest absolute Gasteiger partial charge is 0.393 e. The summed E-state index contributed by atoms with van der Waals surface area (Å²) >= 11 is 6.55. The molecule has 122 valence electrons. The van der Waals surface area contributed by atoms with Gasteiger partial charge in [-0.05, 0) is 39.5 Å². The van der Waals surface area contributed by atoms with Crippen molar-refractivity contribution in [2.75, 3.05) is 0 Å². The SMILES string of the molecule is CCCCCCCCCC(Cl)C(CC(C)O)C(C)(C)N. The first-order valence-electron chi connectivity index (χ1n) is 8.40. The minimum atomic E-state index is -0.335. The molecule has 0 bridgehead atoms. The summed E-state index contributed by atoms with van der Waals surface area (Å²) in [6, 6.07) is 0. The highest BCUT2D eigenvalue weighted by molar-refractivity contribution is 6.20. The fourth-order valence-corrected chi connectivity index (χ4v) is 3.36. The molecule has 0 amide bonds. The zero-order chi connectivity index (χ0) is 15.6. The standard InChI is InChI=1S/C17H36ClNO/c1-5-6-7-8-9-10-11-12-16(18)15(13-14(2)20)17(3,4)19/h14-16,20H,5-13,19H2,1-4H3. The van der Waals surface area contributed by atoms with Crippen LogP contribution < -0.4 is 5.73 Å². The van der Waals surface area contributed by atoms with Crippen LogP contribution in [0.1, 0.15) is 85.5 Å². The summed E-state index contributed by atoms with van der Waals surface area (Å²) in [5, 5.41) is 9.68. The third-order valence-corrected chi connectivity index (χ3v) is 4.59. The van der Waals surface area contributed by atoms with E-state index < -0.39 is 0 Å².